The van der Waals surface area contributed by atoms with Crippen LogP contribution in [0.3, 0.4) is 0 Å². The Labute approximate surface area is 210 Å². The molecule has 2 aliphatic rings. The number of ether oxygens (including phenoxy) is 1. The predicted molar refractivity (Wildman–Crippen MR) is 129 cm³/mol. The first-order valence-corrected chi connectivity index (χ1v) is 12.4. The smallest absolute Gasteiger partial charge is 0.451 e. The van der Waals surface area contributed by atoms with Gasteiger partial charge < -0.3 is 15.0 Å². The average molecular weight is 518 g/mol. The summed E-state index contributed by atoms with van der Waals surface area (Å²) in [6, 6.07) is 4.75. The van der Waals surface area contributed by atoms with Gasteiger partial charge >= 0.3 is 6.18 Å². The van der Waals surface area contributed by atoms with Crippen LogP contribution in [0.25, 0.3) is 10.6 Å². The number of alkyl halides is 3. The molecule has 1 N–H and O–H groups in total. The van der Waals surface area contributed by atoms with Gasteiger partial charge in [-0.15, -0.1) is 11.3 Å². The monoisotopic (exact) mass is 517 g/mol. The third-order valence-corrected chi connectivity index (χ3v) is 7.61. The van der Waals surface area contributed by atoms with Crippen LogP contribution in [0.4, 0.5) is 13.2 Å². The van der Waals surface area contributed by atoms with Crippen molar-refractivity contribution in [2.45, 2.75) is 45.0 Å². The molecular formula is C25H26F3N5O2S. The Balaban J connectivity index is 1.33. The number of carbonyl (C=O) groups excluding carboxylic acids is 1. The molecule has 11 heteroatoms. The molecule has 1 spiro atoms. The third-order valence-electron chi connectivity index (χ3n) is 6.64. The zero-order chi connectivity index (χ0) is 25.7. The van der Waals surface area contributed by atoms with Crippen LogP contribution < -0.4 is 10.1 Å². The van der Waals surface area contributed by atoms with Crippen LogP contribution in [0, 0.1) is 12.3 Å². The predicted octanol–water partition coefficient (Wildman–Crippen LogP) is 4.89. The molecule has 1 saturated heterocycles. The number of aryl methyl sites for hydroxylation is 1. The molecule has 1 aliphatic heterocycles. The number of hydrogen-bond acceptors (Lipinski definition) is 7. The lowest BCUT2D eigenvalue weighted by Crippen LogP contribution is -2.63. The van der Waals surface area contributed by atoms with Gasteiger partial charge in [-0.1, -0.05) is 0 Å². The van der Waals surface area contributed by atoms with Crippen LogP contribution in [-0.2, 0) is 6.18 Å². The van der Waals surface area contributed by atoms with Gasteiger partial charge in [0.2, 0.25) is 5.82 Å². The van der Waals surface area contributed by atoms with Crippen molar-refractivity contribution in [2.24, 2.45) is 5.41 Å². The quantitative estimate of drug-likeness (QED) is 0.502. The Hall–Kier alpha value is -3.05. The van der Waals surface area contributed by atoms with E-state index in [4.69, 9.17) is 4.74 Å². The Morgan fingerprint density at radius 3 is 2.44 bits per heavy atom. The van der Waals surface area contributed by atoms with Gasteiger partial charge in [0.15, 0.2) is 0 Å². The minimum atomic E-state index is -4.62. The van der Waals surface area contributed by atoms with Gasteiger partial charge in [0, 0.05) is 58.7 Å². The summed E-state index contributed by atoms with van der Waals surface area (Å²) in [4.78, 5) is 27.7. The molecule has 190 valence electrons. The van der Waals surface area contributed by atoms with Crippen molar-refractivity contribution < 1.29 is 22.7 Å². The second kappa shape index (κ2) is 9.11. The molecule has 1 aromatic carbocycles. The first kappa shape index (κ1) is 24.6. The molecule has 0 bridgehead atoms. The van der Waals surface area contributed by atoms with Gasteiger partial charge in [0.1, 0.15) is 10.8 Å². The lowest BCUT2D eigenvalue weighted by molar-refractivity contribution is -0.145. The maximum absolute atomic E-state index is 13.1. The summed E-state index contributed by atoms with van der Waals surface area (Å²) in [7, 11) is 2.11. The van der Waals surface area contributed by atoms with E-state index >= 15 is 0 Å². The molecule has 0 unspecified atom stereocenters. The fourth-order valence-electron chi connectivity index (χ4n) is 5.02. The molecule has 3 aromatic rings. The molecular weight excluding hydrogens is 491 g/mol. The Morgan fingerprint density at radius 1 is 1.17 bits per heavy atom. The zero-order valence-electron chi connectivity index (χ0n) is 20.1. The van der Waals surface area contributed by atoms with Crippen LogP contribution in [-0.4, -0.2) is 52.0 Å². The van der Waals surface area contributed by atoms with Gasteiger partial charge in [0.25, 0.3) is 5.91 Å². The van der Waals surface area contributed by atoms with E-state index in [0.29, 0.717) is 22.3 Å². The molecule has 2 aromatic heterocycles. The standard InChI is InChI=1S/C25H26F3N5O2S/c1-14-9-29-22(36-14)17-4-16(5-19(6-17)35-20-7-24(8-20)12-33(3)13-24)21(34)32-15(2)18-10-30-23(31-11-18)25(26,27)28/h4-6,9-11,15,20H,7-8,12-13H2,1-3H3,(H,32,34)/t15-/m1/s1. The highest BCUT2D eigenvalue weighted by atomic mass is 32.1. The highest BCUT2D eigenvalue weighted by Gasteiger charge is 2.52. The number of likely N-dealkylation sites (tertiary alicyclic amines) is 1. The van der Waals surface area contributed by atoms with E-state index in [9.17, 15) is 18.0 Å². The minimum Gasteiger partial charge on any atom is -0.490 e. The van der Waals surface area contributed by atoms with Crippen molar-refractivity contribution in [3.05, 3.63) is 58.6 Å². The van der Waals surface area contributed by atoms with Crippen LogP contribution in [0.2, 0.25) is 0 Å². The molecule has 2 fully saturated rings. The Kier molecular flexibility index (Phi) is 6.24. The number of nitrogens with one attached hydrogen (secondary N) is 1. The number of halogens is 3. The minimum absolute atomic E-state index is 0.103. The van der Waals surface area contributed by atoms with E-state index in [2.05, 4.69) is 32.2 Å². The highest BCUT2D eigenvalue weighted by Crippen LogP contribution is 2.49. The van der Waals surface area contributed by atoms with Gasteiger partial charge in [-0.05, 0) is 51.9 Å². The summed E-state index contributed by atoms with van der Waals surface area (Å²) < 4.78 is 44.5. The number of thiazole rings is 1. The third kappa shape index (κ3) is 5.08. The van der Waals surface area contributed by atoms with Gasteiger partial charge in [-0.2, -0.15) is 13.2 Å². The molecule has 3 heterocycles. The van der Waals surface area contributed by atoms with E-state index in [1.165, 1.54) is 11.3 Å². The Morgan fingerprint density at radius 2 is 1.86 bits per heavy atom. The fourth-order valence-corrected chi connectivity index (χ4v) is 5.77. The van der Waals surface area contributed by atoms with Crippen molar-refractivity contribution in [1.82, 2.24) is 25.2 Å². The molecule has 1 atom stereocenters. The number of carbonyl (C=O) groups is 1. The van der Waals surface area contributed by atoms with E-state index in [1.54, 1.807) is 25.3 Å². The van der Waals surface area contributed by atoms with Crippen LogP contribution in [0.1, 0.15) is 52.4 Å². The van der Waals surface area contributed by atoms with Gasteiger partial charge in [0.05, 0.1) is 12.1 Å². The summed E-state index contributed by atoms with van der Waals surface area (Å²) in [5.74, 6) is -0.999. The molecule has 7 nitrogen and oxygen atoms in total. The maximum atomic E-state index is 13.1. The number of benzene rings is 1. The number of amides is 1. The Bertz CT molecular complexity index is 1260. The summed E-state index contributed by atoms with van der Waals surface area (Å²) in [6.45, 7) is 5.81. The number of hydrogen-bond donors (Lipinski definition) is 1. The largest absolute Gasteiger partial charge is 0.490 e. The van der Waals surface area contributed by atoms with Gasteiger partial charge in [-0.25, -0.2) is 15.0 Å². The number of nitrogens with zero attached hydrogens (tertiary/aromatic N) is 4. The first-order chi connectivity index (χ1) is 17.0. The van der Waals surface area contributed by atoms with Crippen molar-refractivity contribution in [1.29, 1.82) is 0 Å². The molecule has 1 saturated carbocycles. The van der Waals surface area contributed by atoms with Crippen molar-refractivity contribution >= 4 is 17.2 Å². The summed E-state index contributed by atoms with van der Waals surface area (Å²) >= 11 is 1.52. The second-order valence-electron chi connectivity index (χ2n) is 9.88. The molecule has 36 heavy (non-hydrogen) atoms. The van der Waals surface area contributed by atoms with Crippen LogP contribution >= 0.6 is 11.3 Å². The van der Waals surface area contributed by atoms with Crippen LogP contribution in [0.15, 0.2) is 36.8 Å². The molecule has 5 rings (SSSR count). The van der Waals surface area contributed by atoms with E-state index in [-0.39, 0.29) is 12.0 Å². The van der Waals surface area contributed by atoms with Crippen molar-refractivity contribution in [3.63, 3.8) is 0 Å². The van der Waals surface area contributed by atoms with Crippen molar-refractivity contribution in [2.75, 3.05) is 20.1 Å². The van der Waals surface area contributed by atoms with E-state index in [1.807, 2.05) is 13.0 Å². The topological polar surface area (TPSA) is 80.2 Å². The normalized spacial score (nSPS) is 18.4. The van der Waals surface area contributed by atoms with Crippen molar-refractivity contribution in [3.8, 4) is 16.3 Å². The zero-order valence-corrected chi connectivity index (χ0v) is 20.9. The lowest BCUT2D eigenvalue weighted by Gasteiger charge is -2.57. The average Bonchev–Trinajstić information content (AvgIpc) is 3.22. The number of rotatable bonds is 6. The van der Waals surface area contributed by atoms with E-state index in [0.717, 1.165) is 53.8 Å². The second-order valence-corrected chi connectivity index (χ2v) is 11.1. The van der Waals surface area contributed by atoms with E-state index < -0.39 is 18.0 Å². The summed E-state index contributed by atoms with van der Waals surface area (Å²) in [5.41, 5.74) is 1.89. The molecule has 1 aliphatic carbocycles. The maximum Gasteiger partial charge on any atom is 0.451 e. The molecule has 0 radical (unpaired) electrons. The highest BCUT2D eigenvalue weighted by molar-refractivity contribution is 7.14. The van der Waals surface area contributed by atoms with Crippen LogP contribution in [0.5, 0.6) is 5.75 Å². The van der Waals surface area contributed by atoms with Gasteiger partial charge in [-0.3, -0.25) is 4.79 Å². The fraction of sp³-hybridized carbons (Fsp3) is 0.440. The SMILES string of the molecule is Cc1cnc(-c2cc(OC3CC4(C3)CN(C)C4)cc(C(=O)N[C@H](C)c3cnc(C(F)(F)F)nc3)c2)s1. The lowest BCUT2D eigenvalue weighted by atomic mass is 9.62. The first-order valence-electron chi connectivity index (χ1n) is 11.6. The number of aromatic nitrogens is 3. The molecule has 1 amide bonds. The summed E-state index contributed by atoms with van der Waals surface area (Å²) in [6.07, 6.45) is 1.40. The summed E-state index contributed by atoms with van der Waals surface area (Å²) in [5, 5.41) is 3.60.